The van der Waals surface area contributed by atoms with E-state index in [4.69, 9.17) is 5.73 Å². The molecule has 1 aromatic rings. The normalized spacial score (nSPS) is 22.1. The van der Waals surface area contributed by atoms with Crippen LogP contribution < -0.4 is 5.73 Å². The van der Waals surface area contributed by atoms with Gasteiger partial charge in [0.1, 0.15) is 0 Å². The van der Waals surface area contributed by atoms with E-state index in [0.29, 0.717) is 12.5 Å². The van der Waals surface area contributed by atoms with E-state index in [0.717, 1.165) is 37.2 Å². The highest BCUT2D eigenvalue weighted by Gasteiger charge is 2.26. The van der Waals surface area contributed by atoms with E-state index < -0.39 is 0 Å². The number of piperidine rings is 1. The van der Waals surface area contributed by atoms with E-state index in [1.807, 2.05) is 24.3 Å². The Bertz CT molecular complexity index is 526. The third kappa shape index (κ3) is 5.70. The van der Waals surface area contributed by atoms with E-state index in [-0.39, 0.29) is 18.3 Å². The largest absolute Gasteiger partial charge is 0.338 e. The van der Waals surface area contributed by atoms with Crippen LogP contribution in [-0.4, -0.2) is 48.4 Å². The van der Waals surface area contributed by atoms with Crippen LogP contribution in [0.15, 0.2) is 24.3 Å². The SMILES string of the molecule is Cl.NCc1ccc(C(=O)N2CCCC(CN3CCCCCC3)C2)cc1. The van der Waals surface area contributed by atoms with Crippen molar-refractivity contribution < 1.29 is 4.79 Å². The van der Waals surface area contributed by atoms with Crippen molar-refractivity contribution in [2.45, 2.75) is 45.1 Å². The third-order valence-electron chi connectivity index (χ3n) is 5.46. The van der Waals surface area contributed by atoms with Gasteiger partial charge in [0, 0.05) is 31.7 Å². The Kier molecular flexibility index (Phi) is 8.20. The standard InChI is InChI=1S/C20H31N3O.ClH/c21-14-17-7-9-19(10-8-17)20(24)23-13-5-6-18(16-23)15-22-11-3-1-2-4-12-22;/h7-10,18H,1-6,11-16,21H2;1H. The molecular weight excluding hydrogens is 334 g/mol. The lowest BCUT2D eigenvalue weighted by Gasteiger charge is -2.35. The summed E-state index contributed by atoms with van der Waals surface area (Å²) < 4.78 is 0. The second kappa shape index (κ2) is 10.1. The molecule has 1 amide bonds. The Labute approximate surface area is 158 Å². The summed E-state index contributed by atoms with van der Waals surface area (Å²) in [5.74, 6) is 0.809. The van der Waals surface area contributed by atoms with Crippen LogP contribution in [0.5, 0.6) is 0 Å². The molecule has 4 nitrogen and oxygen atoms in total. The first-order valence-electron chi connectivity index (χ1n) is 9.57. The van der Waals surface area contributed by atoms with Gasteiger partial charge in [-0.1, -0.05) is 25.0 Å². The highest BCUT2D eigenvalue weighted by Crippen LogP contribution is 2.21. The molecule has 5 heteroatoms. The number of amides is 1. The van der Waals surface area contributed by atoms with Gasteiger partial charge < -0.3 is 15.5 Å². The van der Waals surface area contributed by atoms with Crippen molar-refractivity contribution in [2.75, 3.05) is 32.7 Å². The molecule has 0 bridgehead atoms. The number of carbonyl (C=O) groups excluding carboxylic acids is 1. The molecule has 0 spiro atoms. The number of rotatable bonds is 4. The minimum absolute atomic E-state index is 0. The molecule has 140 valence electrons. The van der Waals surface area contributed by atoms with E-state index in [1.165, 1.54) is 45.2 Å². The van der Waals surface area contributed by atoms with Gasteiger partial charge in [-0.15, -0.1) is 12.4 Å². The van der Waals surface area contributed by atoms with Crippen molar-refractivity contribution in [1.82, 2.24) is 9.80 Å². The monoisotopic (exact) mass is 365 g/mol. The molecule has 2 heterocycles. The topological polar surface area (TPSA) is 49.6 Å². The van der Waals surface area contributed by atoms with Crippen LogP contribution in [0.2, 0.25) is 0 Å². The van der Waals surface area contributed by atoms with Gasteiger partial charge in [-0.05, 0) is 62.4 Å². The zero-order valence-electron chi connectivity index (χ0n) is 15.2. The Morgan fingerprint density at radius 3 is 2.32 bits per heavy atom. The number of nitrogens with zero attached hydrogens (tertiary/aromatic N) is 2. The fourth-order valence-electron chi connectivity index (χ4n) is 4.05. The minimum Gasteiger partial charge on any atom is -0.338 e. The van der Waals surface area contributed by atoms with Crippen molar-refractivity contribution in [3.8, 4) is 0 Å². The van der Waals surface area contributed by atoms with Crippen LogP contribution >= 0.6 is 12.4 Å². The quantitative estimate of drug-likeness (QED) is 0.890. The van der Waals surface area contributed by atoms with Crippen LogP contribution in [0.1, 0.15) is 54.4 Å². The van der Waals surface area contributed by atoms with Crippen molar-refractivity contribution in [3.05, 3.63) is 35.4 Å². The zero-order chi connectivity index (χ0) is 16.8. The average molecular weight is 366 g/mol. The van der Waals surface area contributed by atoms with Crippen LogP contribution in [0.3, 0.4) is 0 Å². The van der Waals surface area contributed by atoms with Crippen molar-refractivity contribution in [3.63, 3.8) is 0 Å². The summed E-state index contributed by atoms with van der Waals surface area (Å²) in [7, 11) is 0. The number of carbonyl (C=O) groups is 1. The summed E-state index contributed by atoms with van der Waals surface area (Å²) in [4.78, 5) is 17.5. The Balaban J connectivity index is 0.00000225. The van der Waals surface area contributed by atoms with Crippen molar-refractivity contribution in [1.29, 1.82) is 0 Å². The molecule has 0 radical (unpaired) electrons. The van der Waals surface area contributed by atoms with Crippen LogP contribution in [-0.2, 0) is 6.54 Å². The van der Waals surface area contributed by atoms with Crippen LogP contribution in [0.4, 0.5) is 0 Å². The second-order valence-corrected chi connectivity index (χ2v) is 7.38. The van der Waals surface area contributed by atoms with Crippen molar-refractivity contribution in [2.24, 2.45) is 11.7 Å². The summed E-state index contributed by atoms with van der Waals surface area (Å²) in [6, 6.07) is 7.77. The van der Waals surface area contributed by atoms with Crippen LogP contribution in [0.25, 0.3) is 0 Å². The predicted molar refractivity (Wildman–Crippen MR) is 105 cm³/mol. The predicted octanol–water partition coefficient (Wildman–Crippen LogP) is 3.30. The molecule has 2 N–H and O–H groups in total. The zero-order valence-corrected chi connectivity index (χ0v) is 16.0. The van der Waals surface area contributed by atoms with Crippen LogP contribution in [0, 0.1) is 5.92 Å². The minimum atomic E-state index is 0. The Hall–Kier alpha value is -1.10. The van der Waals surface area contributed by atoms with E-state index in [2.05, 4.69) is 9.80 Å². The highest BCUT2D eigenvalue weighted by atomic mass is 35.5. The van der Waals surface area contributed by atoms with Gasteiger partial charge in [0.2, 0.25) is 0 Å². The number of hydrogen-bond donors (Lipinski definition) is 1. The highest BCUT2D eigenvalue weighted by molar-refractivity contribution is 5.94. The molecule has 2 fully saturated rings. The smallest absolute Gasteiger partial charge is 0.253 e. The second-order valence-electron chi connectivity index (χ2n) is 7.38. The molecule has 0 aromatic heterocycles. The fourth-order valence-corrected chi connectivity index (χ4v) is 4.05. The average Bonchev–Trinajstić information content (AvgIpc) is 2.90. The molecule has 0 saturated carbocycles. The molecule has 0 aliphatic carbocycles. The molecule has 2 aliphatic rings. The molecule has 25 heavy (non-hydrogen) atoms. The molecular formula is C20H32ClN3O. The van der Waals surface area contributed by atoms with E-state index in [1.54, 1.807) is 0 Å². The van der Waals surface area contributed by atoms with Gasteiger partial charge in [0.15, 0.2) is 0 Å². The maximum Gasteiger partial charge on any atom is 0.253 e. The summed E-state index contributed by atoms with van der Waals surface area (Å²) in [5, 5.41) is 0. The molecule has 3 rings (SSSR count). The maximum absolute atomic E-state index is 12.8. The molecule has 1 aromatic carbocycles. The van der Waals surface area contributed by atoms with Gasteiger partial charge in [0.05, 0.1) is 0 Å². The van der Waals surface area contributed by atoms with Gasteiger partial charge >= 0.3 is 0 Å². The Morgan fingerprint density at radius 1 is 1.00 bits per heavy atom. The first-order chi connectivity index (χ1) is 11.8. The third-order valence-corrected chi connectivity index (χ3v) is 5.46. The first kappa shape index (κ1) is 20.2. The van der Waals surface area contributed by atoms with Gasteiger partial charge in [-0.3, -0.25) is 4.79 Å². The number of likely N-dealkylation sites (tertiary alicyclic amines) is 2. The lowest BCUT2D eigenvalue weighted by molar-refractivity contribution is 0.0641. The first-order valence-corrected chi connectivity index (χ1v) is 9.57. The molecule has 1 unspecified atom stereocenters. The summed E-state index contributed by atoms with van der Waals surface area (Å²) in [6.45, 7) is 5.98. The van der Waals surface area contributed by atoms with Crippen molar-refractivity contribution >= 4 is 18.3 Å². The number of nitrogens with two attached hydrogens (primary N) is 1. The summed E-state index contributed by atoms with van der Waals surface area (Å²) in [6.07, 6.45) is 7.82. The lowest BCUT2D eigenvalue weighted by atomic mass is 9.96. The number of hydrogen-bond acceptors (Lipinski definition) is 3. The number of benzene rings is 1. The number of halogens is 1. The molecule has 2 aliphatic heterocycles. The van der Waals surface area contributed by atoms with E-state index >= 15 is 0 Å². The fraction of sp³-hybridized carbons (Fsp3) is 0.650. The summed E-state index contributed by atoms with van der Waals surface area (Å²) in [5.41, 5.74) is 7.50. The molecule has 1 atom stereocenters. The Morgan fingerprint density at radius 2 is 1.68 bits per heavy atom. The molecule has 2 saturated heterocycles. The lowest BCUT2D eigenvalue weighted by Crippen LogP contribution is -2.44. The van der Waals surface area contributed by atoms with E-state index in [9.17, 15) is 4.79 Å². The van der Waals surface area contributed by atoms with Gasteiger partial charge in [-0.25, -0.2) is 0 Å². The maximum atomic E-state index is 12.8. The van der Waals surface area contributed by atoms with Gasteiger partial charge in [-0.2, -0.15) is 0 Å². The van der Waals surface area contributed by atoms with Gasteiger partial charge in [0.25, 0.3) is 5.91 Å². The summed E-state index contributed by atoms with van der Waals surface area (Å²) >= 11 is 0.